The highest BCUT2D eigenvalue weighted by Gasteiger charge is 2.43. The number of alkyl halides is 6. The standard InChI is InChI=1S/C20H16F3N3O3.C18H12F3N3O3/c1-3-28-19(27)18-16(20(21,22)23)15-14(29-18)7-6-13-10-26(25-17(13)15)9-12-5-4-11(2)24-8-12;1-9-2-3-10(6-22-9)7-24-8-11-4-5-12-13(15(11)23-24)14(18(19,20)21)16(27-12)17(25)26/h4-8,10H,3,9H2,1-2H3;2-6,8H,7H2,1H3,(H,25,26). The number of halogens is 6. The van der Waals surface area contributed by atoms with Crippen molar-refractivity contribution in [3.63, 3.8) is 0 Å². The van der Waals surface area contributed by atoms with E-state index in [-0.39, 0.29) is 39.6 Å². The van der Waals surface area contributed by atoms with Gasteiger partial charge in [0.25, 0.3) is 0 Å². The number of carbonyl (C=O) groups is 2. The molecule has 6 heterocycles. The number of carboxylic acids is 1. The molecule has 0 atom stereocenters. The van der Waals surface area contributed by atoms with Crippen LogP contribution >= 0.6 is 0 Å². The Morgan fingerprint density at radius 1 is 0.696 bits per heavy atom. The first-order chi connectivity index (χ1) is 26.5. The summed E-state index contributed by atoms with van der Waals surface area (Å²) in [7, 11) is 0. The molecule has 0 bridgehead atoms. The number of rotatable bonds is 7. The van der Waals surface area contributed by atoms with Crippen molar-refractivity contribution in [3.05, 3.63) is 118 Å². The van der Waals surface area contributed by atoms with E-state index in [1.807, 2.05) is 38.1 Å². The number of aryl methyl sites for hydroxylation is 2. The molecule has 8 aromatic rings. The first-order valence-corrected chi connectivity index (χ1v) is 16.7. The van der Waals surface area contributed by atoms with Crippen molar-refractivity contribution in [2.45, 2.75) is 46.2 Å². The van der Waals surface area contributed by atoms with Gasteiger partial charge in [-0.15, -0.1) is 0 Å². The van der Waals surface area contributed by atoms with Gasteiger partial charge in [-0.25, -0.2) is 9.59 Å². The topological polar surface area (TPSA) is 151 Å². The molecule has 6 aromatic heterocycles. The maximum atomic E-state index is 13.8. The highest BCUT2D eigenvalue weighted by molar-refractivity contribution is 6.10. The second-order valence-electron chi connectivity index (χ2n) is 12.7. The van der Waals surface area contributed by atoms with Crippen LogP contribution in [0, 0.1) is 13.8 Å². The van der Waals surface area contributed by atoms with Crippen LogP contribution in [-0.2, 0) is 30.2 Å². The molecule has 288 valence electrons. The number of nitrogens with zero attached hydrogens (tertiary/aromatic N) is 6. The summed E-state index contributed by atoms with van der Waals surface area (Å²) in [6.45, 7) is 5.80. The Morgan fingerprint density at radius 3 is 1.54 bits per heavy atom. The van der Waals surface area contributed by atoms with Gasteiger partial charge in [0.1, 0.15) is 33.3 Å². The van der Waals surface area contributed by atoms with Gasteiger partial charge < -0.3 is 18.7 Å². The van der Waals surface area contributed by atoms with Gasteiger partial charge in [-0.05, 0) is 68.3 Å². The fourth-order valence-electron chi connectivity index (χ4n) is 6.19. The summed E-state index contributed by atoms with van der Waals surface area (Å²) in [4.78, 5) is 31.7. The third-order valence-corrected chi connectivity index (χ3v) is 8.61. The normalized spacial score (nSPS) is 12.1. The lowest BCUT2D eigenvalue weighted by Gasteiger charge is -2.07. The number of aromatic carboxylic acids is 1. The number of carboxylic acid groups (broad SMARTS) is 1. The fourth-order valence-corrected chi connectivity index (χ4v) is 6.19. The lowest BCUT2D eigenvalue weighted by atomic mass is 10.1. The van der Waals surface area contributed by atoms with E-state index in [0.717, 1.165) is 22.5 Å². The van der Waals surface area contributed by atoms with Crippen LogP contribution in [-0.4, -0.2) is 53.2 Å². The molecule has 1 N–H and O–H groups in total. The molecule has 0 aliphatic carbocycles. The molecule has 0 spiro atoms. The fraction of sp³-hybridized carbons (Fsp3) is 0.211. The van der Waals surface area contributed by atoms with Crippen molar-refractivity contribution < 1.29 is 54.6 Å². The molecule has 56 heavy (non-hydrogen) atoms. The third-order valence-electron chi connectivity index (χ3n) is 8.61. The highest BCUT2D eigenvalue weighted by atomic mass is 19.4. The summed E-state index contributed by atoms with van der Waals surface area (Å²) in [6, 6.07) is 13.3. The minimum Gasteiger partial charge on any atom is -0.475 e. The van der Waals surface area contributed by atoms with Gasteiger partial charge in [-0.2, -0.15) is 36.5 Å². The summed E-state index contributed by atoms with van der Waals surface area (Å²) in [5.41, 5.74) is 0.808. The highest BCUT2D eigenvalue weighted by Crippen LogP contribution is 2.43. The van der Waals surface area contributed by atoms with E-state index < -0.39 is 46.9 Å². The average Bonchev–Trinajstić information content (AvgIpc) is 3.91. The van der Waals surface area contributed by atoms with Crippen molar-refractivity contribution in [1.82, 2.24) is 29.5 Å². The van der Waals surface area contributed by atoms with Gasteiger partial charge >= 0.3 is 24.3 Å². The van der Waals surface area contributed by atoms with Crippen molar-refractivity contribution in [2.75, 3.05) is 6.61 Å². The quantitative estimate of drug-likeness (QED) is 0.123. The summed E-state index contributed by atoms with van der Waals surface area (Å²) >= 11 is 0. The van der Waals surface area contributed by atoms with E-state index in [4.69, 9.17) is 18.7 Å². The van der Waals surface area contributed by atoms with Crippen LogP contribution in [0.25, 0.3) is 43.7 Å². The van der Waals surface area contributed by atoms with Crippen LogP contribution in [0.2, 0.25) is 0 Å². The average molecular weight is 779 g/mol. The maximum absolute atomic E-state index is 13.8. The molecule has 0 fully saturated rings. The van der Waals surface area contributed by atoms with E-state index >= 15 is 0 Å². The zero-order valence-electron chi connectivity index (χ0n) is 29.5. The van der Waals surface area contributed by atoms with E-state index in [1.165, 1.54) is 28.4 Å². The van der Waals surface area contributed by atoms with Crippen LogP contribution in [0.1, 0.15) is 61.7 Å². The number of fused-ring (bicyclic) bond motifs is 6. The zero-order chi connectivity index (χ0) is 40.1. The number of benzene rings is 2. The Kier molecular flexibility index (Phi) is 9.51. The number of pyridine rings is 2. The number of ether oxygens (including phenoxy) is 1. The van der Waals surface area contributed by atoms with Crippen LogP contribution in [0.15, 0.2) is 82.2 Å². The molecule has 0 aliphatic heterocycles. The smallest absolute Gasteiger partial charge is 0.421 e. The summed E-state index contributed by atoms with van der Waals surface area (Å²) in [6.07, 6.45) is -3.10. The molecule has 12 nitrogen and oxygen atoms in total. The van der Waals surface area contributed by atoms with Gasteiger partial charge in [0.15, 0.2) is 0 Å². The molecule has 0 saturated heterocycles. The van der Waals surface area contributed by atoms with Crippen molar-refractivity contribution in [1.29, 1.82) is 0 Å². The van der Waals surface area contributed by atoms with Gasteiger partial charge in [-0.3, -0.25) is 19.3 Å². The minimum atomic E-state index is -4.89. The molecule has 0 amide bonds. The van der Waals surface area contributed by atoms with E-state index in [9.17, 15) is 35.9 Å². The van der Waals surface area contributed by atoms with E-state index in [1.54, 1.807) is 36.9 Å². The van der Waals surface area contributed by atoms with E-state index in [0.29, 0.717) is 23.9 Å². The van der Waals surface area contributed by atoms with Crippen LogP contribution in [0.5, 0.6) is 0 Å². The molecule has 0 aliphatic rings. The number of hydrogen-bond acceptors (Lipinski definition) is 9. The zero-order valence-corrected chi connectivity index (χ0v) is 29.5. The van der Waals surface area contributed by atoms with Crippen molar-refractivity contribution in [3.8, 4) is 0 Å². The monoisotopic (exact) mass is 778 g/mol. The van der Waals surface area contributed by atoms with Crippen LogP contribution in [0.3, 0.4) is 0 Å². The maximum Gasteiger partial charge on any atom is 0.421 e. The molecular weight excluding hydrogens is 750 g/mol. The predicted molar refractivity (Wildman–Crippen MR) is 188 cm³/mol. The van der Waals surface area contributed by atoms with Gasteiger partial charge in [-0.1, -0.05) is 12.1 Å². The lowest BCUT2D eigenvalue weighted by molar-refractivity contribution is -0.138. The van der Waals surface area contributed by atoms with Crippen LogP contribution < -0.4 is 0 Å². The second kappa shape index (κ2) is 14.2. The summed E-state index contributed by atoms with van der Waals surface area (Å²) in [5, 5.41) is 18.0. The van der Waals surface area contributed by atoms with Crippen molar-refractivity contribution in [2.24, 2.45) is 0 Å². The number of aromatic nitrogens is 6. The third kappa shape index (κ3) is 7.24. The first kappa shape index (κ1) is 37.6. The largest absolute Gasteiger partial charge is 0.475 e. The lowest BCUT2D eigenvalue weighted by Crippen LogP contribution is -2.13. The minimum absolute atomic E-state index is 0.0381. The molecule has 0 radical (unpaired) electrons. The van der Waals surface area contributed by atoms with Gasteiger partial charge in [0, 0.05) is 46.9 Å². The van der Waals surface area contributed by atoms with Crippen LogP contribution in [0.4, 0.5) is 26.3 Å². The summed E-state index contributed by atoms with van der Waals surface area (Å²) in [5.74, 6) is -4.94. The SMILES string of the molecule is CCOC(=O)c1oc2ccc3cn(Cc4ccc(C)nc4)nc3c2c1C(F)(F)F.Cc1ccc(Cn2cc3ccc4oc(C(=O)O)c(C(F)(F)F)c4c3n2)cn1. The molecule has 2 aromatic carbocycles. The Hall–Kier alpha value is -6.72. The molecule has 0 unspecified atom stereocenters. The first-order valence-electron chi connectivity index (χ1n) is 16.7. The molecule has 18 heteroatoms. The molecular formula is C38H28F6N6O6. The summed E-state index contributed by atoms with van der Waals surface area (Å²) < 4.78 is 100.0. The second-order valence-corrected chi connectivity index (χ2v) is 12.7. The van der Waals surface area contributed by atoms with Gasteiger partial charge in [0.05, 0.1) is 30.5 Å². The van der Waals surface area contributed by atoms with E-state index in [2.05, 4.69) is 20.2 Å². The molecule has 8 rings (SSSR count). The number of hydrogen-bond donors (Lipinski definition) is 1. The Labute approximate surface area is 310 Å². The Balaban J connectivity index is 0.000000172. The molecule has 0 saturated carbocycles. The van der Waals surface area contributed by atoms with Crippen molar-refractivity contribution >= 4 is 55.7 Å². The Morgan fingerprint density at radius 2 is 1.14 bits per heavy atom. The predicted octanol–water partition coefficient (Wildman–Crippen LogP) is 8.98. The number of esters is 1. The Bertz CT molecular complexity index is 2760. The number of carbonyl (C=O) groups excluding carboxylic acids is 1. The number of furan rings is 2. The van der Waals surface area contributed by atoms with Gasteiger partial charge in [0.2, 0.25) is 11.5 Å².